The van der Waals surface area contributed by atoms with Crippen LogP contribution in [0.25, 0.3) is 0 Å². The summed E-state index contributed by atoms with van der Waals surface area (Å²) in [6.45, 7) is 9.89. The lowest BCUT2D eigenvalue weighted by molar-refractivity contribution is 0.357. The van der Waals surface area contributed by atoms with Crippen LogP contribution in [0.2, 0.25) is 0 Å². The number of aromatic nitrogens is 1. The molecule has 92 valence electrons. The van der Waals surface area contributed by atoms with Crippen molar-refractivity contribution >= 4 is 11.3 Å². The SMILES string of the molecule is CCCC(C)C(Cc1nc(C)cs1)NCC. The second-order valence-electron chi connectivity index (χ2n) is 4.52. The van der Waals surface area contributed by atoms with Gasteiger partial charge in [-0.2, -0.15) is 0 Å². The van der Waals surface area contributed by atoms with Crippen LogP contribution < -0.4 is 5.32 Å². The Labute approximate surface area is 103 Å². The van der Waals surface area contributed by atoms with Gasteiger partial charge in [-0.3, -0.25) is 0 Å². The number of hydrogen-bond acceptors (Lipinski definition) is 3. The molecule has 0 bridgehead atoms. The van der Waals surface area contributed by atoms with Crippen LogP contribution in [0.1, 0.15) is 44.3 Å². The van der Waals surface area contributed by atoms with Crippen LogP contribution in [-0.2, 0) is 6.42 Å². The van der Waals surface area contributed by atoms with Gasteiger partial charge in [0.05, 0.1) is 5.01 Å². The van der Waals surface area contributed by atoms with Gasteiger partial charge in [-0.05, 0) is 25.8 Å². The molecule has 0 saturated carbocycles. The lowest BCUT2D eigenvalue weighted by Crippen LogP contribution is -2.36. The van der Waals surface area contributed by atoms with Gasteiger partial charge >= 0.3 is 0 Å². The molecule has 1 heterocycles. The number of rotatable bonds is 7. The first kappa shape index (κ1) is 13.7. The van der Waals surface area contributed by atoms with Gasteiger partial charge in [0.25, 0.3) is 0 Å². The molecule has 16 heavy (non-hydrogen) atoms. The van der Waals surface area contributed by atoms with Gasteiger partial charge in [-0.1, -0.05) is 27.2 Å². The van der Waals surface area contributed by atoms with Crippen molar-refractivity contribution in [2.24, 2.45) is 5.92 Å². The van der Waals surface area contributed by atoms with Crippen molar-refractivity contribution in [3.8, 4) is 0 Å². The maximum atomic E-state index is 4.55. The number of nitrogens with zero attached hydrogens (tertiary/aromatic N) is 1. The fourth-order valence-electron chi connectivity index (χ4n) is 2.08. The highest BCUT2D eigenvalue weighted by molar-refractivity contribution is 7.09. The van der Waals surface area contributed by atoms with Crippen LogP contribution in [0, 0.1) is 12.8 Å². The second-order valence-corrected chi connectivity index (χ2v) is 5.46. The quantitative estimate of drug-likeness (QED) is 0.790. The maximum absolute atomic E-state index is 4.55. The average molecular weight is 240 g/mol. The zero-order chi connectivity index (χ0) is 12.0. The van der Waals surface area contributed by atoms with E-state index >= 15 is 0 Å². The molecule has 0 spiro atoms. The molecule has 1 aromatic heterocycles. The van der Waals surface area contributed by atoms with Crippen LogP contribution in [0.5, 0.6) is 0 Å². The number of likely N-dealkylation sites (N-methyl/N-ethyl adjacent to an activating group) is 1. The van der Waals surface area contributed by atoms with Crippen molar-refractivity contribution in [2.45, 2.75) is 53.0 Å². The number of nitrogens with one attached hydrogen (secondary N) is 1. The van der Waals surface area contributed by atoms with Crippen molar-refractivity contribution in [1.29, 1.82) is 0 Å². The summed E-state index contributed by atoms with van der Waals surface area (Å²) >= 11 is 1.79. The lowest BCUT2D eigenvalue weighted by Gasteiger charge is -2.23. The van der Waals surface area contributed by atoms with E-state index in [1.807, 2.05) is 0 Å². The van der Waals surface area contributed by atoms with Crippen LogP contribution in [0.15, 0.2) is 5.38 Å². The topological polar surface area (TPSA) is 24.9 Å². The molecule has 0 aromatic carbocycles. The van der Waals surface area contributed by atoms with E-state index < -0.39 is 0 Å². The van der Waals surface area contributed by atoms with E-state index in [0.29, 0.717) is 6.04 Å². The van der Waals surface area contributed by atoms with E-state index in [0.717, 1.165) is 24.6 Å². The summed E-state index contributed by atoms with van der Waals surface area (Å²) in [6.07, 6.45) is 3.63. The Bertz CT molecular complexity index is 296. The van der Waals surface area contributed by atoms with Gasteiger partial charge in [0.1, 0.15) is 0 Å². The number of aryl methyl sites for hydroxylation is 1. The summed E-state index contributed by atoms with van der Waals surface area (Å²) in [5.74, 6) is 0.731. The largest absolute Gasteiger partial charge is 0.314 e. The second kappa shape index (κ2) is 7.02. The molecular weight excluding hydrogens is 216 g/mol. The molecule has 3 heteroatoms. The zero-order valence-corrected chi connectivity index (χ0v) is 11.7. The zero-order valence-electron chi connectivity index (χ0n) is 10.9. The molecule has 0 aliphatic carbocycles. The van der Waals surface area contributed by atoms with Crippen molar-refractivity contribution in [3.05, 3.63) is 16.1 Å². The minimum absolute atomic E-state index is 0.579. The molecule has 0 radical (unpaired) electrons. The smallest absolute Gasteiger partial charge is 0.0943 e. The molecule has 1 rings (SSSR count). The summed E-state index contributed by atoms with van der Waals surface area (Å²) in [6, 6.07) is 0.579. The first-order valence-corrected chi connectivity index (χ1v) is 7.19. The normalized spacial score (nSPS) is 15.0. The maximum Gasteiger partial charge on any atom is 0.0943 e. The standard InChI is InChI=1S/C13H24N2S/c1-5-7-10(3)12(14-6-2)8-13-15-11(4)9-16-13/h9-10,12,14H,5-8H2,1-4H3. The Hall–Kier alpha value is -0.410. The molecule has 1 N–H and O–H groups in total. The Balaban J connectivity index is 2.56. The van der Waals surface area contributed by atoms with Crippen molar-refractivity contribution in [3.63, 3.8) is 0 Å². The minimum Gasteiger partial charge on any atom is -0.314 e. The predicted molar refractivity (Wildman–Crippen MR) is 72.1 cm³/mol. The van der Waals surface area contributed by atoms with Gasteiger partial charge in [-0.25, -0.2) is 4.98 Å². The molecule has 2 atom stereocenters. The number of thiazole rings is 1. The molecule has 2 nitrogen and oxygen atoms in total. The van der Waals surface area contributed by atoms with E-state index in [9.17, 15) is 0 Å². The molecule has 1 aromatic rings. The van der Waals surface area contributed by atoms with Gasteiger partial charge in [-0.15, -0.1) is 11.3 Å². The molecular formula is C13H24N2S. The van der Waals surface area contributed by atoms with Gasteiger partial charge in [0.15, 0.2) is 0 Å². The Kier molecular flexibility index (Phi) is 5.99. The highest BCUT2D eigenvalue weighted by Crippen LogP contribution is 2.18. The van der Waals surface area contributed by atoms with Crippen LogP contribution >= 0.6 is 11.3 Å². The summed E-state index contributed by atoms with van der Waals surface area (Å²) in [4.78, 5) is 4.55. The van der Waals surface area contributed by atoms with Crippen LogP contribution in [0.4, 0.5) is 0 Å². The lowest BCUT2D eigenvalue weighted by atomic mass is 9.94. The fraction of sp³-hybridized carbons (Fsp3) is 0.769. The van der Waals surface area contributed by atoms with Crippen LogP contribution in [0.3, 0.4) is 0 Å². The first-order chi connectivity index (χ1) is 7.67. The third-order valence-corrected chi connectivity index (χ3v) is 3.95. The molecule has 0 amide bonds. The Morgan fingerprint density at radius 2 is 2.19 bits per heavy atom. The summed E-state index contributed by atoms with van der Waals surface area (Å²) in [5, 5.41) is 7.00. The van der Waals surface area contributed by atoms with Gasteiger partial charge < -0.3 is 5.32 Å². The molecule has 0 aliphatic heterocycles. The molecule has 0 fully saturated rings. The third-order valence-electron chi connectivity index (χ3n) is 2.96. The van der Waals surface area contributed by atoms with E-state index in [1.165, 1.54) is 17.8 Å². The van der Waals surface area contributed by atoms with E-state index in [2.05, 4.69) is 43.4 Å². The van der Waals surface area contributed by atoms with E-state index in [-0.39, 0.29) is 0 Å². The van der Waals surface area contributed by atoms with E-state index in [1.54, 1.807) is 11.3 Å². The third kappa shape index (κ3) is 4.22. The summed E-state index contributed by atoms with van der Waals surface area (Å²) < 4.78 is 0. The molecule has 0 saturated heterocycles. The summed E-state index contributed by atoms with van der Waals surface area (Å²) in [7, 11) is 0. The van der Waals surface area contributed by atoms with Crippen LogP contribution in [-0.4, -0.2) is 17.6 Å². The summed E-state index contributed by atoms with van der Waals surface area (Å²) in [5.41, 5.74) is 1.15. The van der Waals surface area contributed by atoms with Crippen molar-refractivity contribution in [2.75, 3.05) is 6.54 Å². The average Bonchev–Trinajstić information content (AvgIpc) is 2.64. The highest BCUT2D eigenvalue weighted by Gasteiger charge is 2.17. The predicted octanol–water partition coefficient (Wildman–Crippen LogP) is 3.41. The molecule has 2 unspecified atom stereocenters. The van der Waals surface area contributed by atoms with Crippen molar-refractivity contribution in [1.82, 2.24) is 10.3 Å². The van der Waals surface area contributed by atoms with E-state index in [4.69, 9.17) is 0 Å². The fourth-order valence-corrected chi connectivity index (χ4v) is 2.91. The van der Waals surface area contributed by atoms with Gasteiger partial charge in [0, 0.05) is 23.5 Å². The Morgan fingerprint density at radius 3 is 2.69 bits per heavy atom. The highest BCUT2D eigenvalue weighted by atomic mass is 32.1. The first-order valence-electron chi connectivity index (χ1n) is 6.31. The van der Waals surface area contributed by atoms with Gasteiger partial charge in [0.2, 0.25) is 0 Å². The van der Waals surface area contributed by atoms with Crippen molar-refractivity contribution < 1.29 is 0 Å². The Morgan fingerprint density at radius 1 is 1.44 bits per heavy atom. The molecule has 0 aliphatic rings. The minimum atomic E-state index is 0.579. The number of hydrogen-bond donors (Lipinski definition) is 1. The monoisotopic (exact) mass is 240 g/mol.